The van der Waals surface area contributed by atoms with Crippen LogP contribution in [-0.4, -0.2) is 74.4 Å². The largest absolute Gasteiger partial charge is 0.506 e. The number of ether oxygens (including phenoxy) is 1. The van der Waals surface area contributed by atoms with Crippen LogP contribution in [-0.2, 0) is 31.6 Å². The highest BCUT2D eigenvalue weighted by Gasteiger charge is 2.47. The summed E-state index contributed by atoms with van der Waals surface area (Å²) < 4.78 is 55.6. The minimum Gasteiger partial charge on any atom is -0.506 e. The third kappa shape index (κ3) is 6.72. The number of phenolic OH excluding ortho intramolecular Hbond substituents is 1. The third-order valence-electron chi connectivity index (χ3n) is 5.05. The van der Waals surface area contributed by atoms with Crippen LogP contribution < -0.4 is 16.4 Å². The van der Waals surface area contributed by atoms with Crippen LogP contribution in [0.4, 0.5) is 11.6 Å². The van der Waals surface area contributed by atoms with E-state index >= 15 is 0 Å². The van der Waals surface area contributed by atoms with Crippen LogP contribution in [0.2, 0.25) is 0 Å². The van der Waals surface area contributed by atoms with Gasteiger partial charge < -0.3 is 40.5 Å². The van der Waals surface area contributed by atoms with Gasteiger partial charge in [-0.05, 0) is 12.1 Å². The molecule has 39 heavy (non-hydrogen) atoms. The van der Waals surface area contributed by atoms with E-state index in [0.717, 1.165) is 23.0 Å². The Morgan fingerprint density at radius 2 is 1.79 bits per heavy atom. The lowest BCUT2D eigenvalue weighted by Gasteiger charge is -2.21. The van der Waals surface area contributed by atoms with Gasteiger partial charge in [0.05, 0.1) is 18.6 Å². The van der Waals surface area contributed by atoms with Crippen molar-refractivity contribution in [3.05, 3.63) is 40.9 Å². The summed E-state index contributed by atoms with van der Waals surface area (Å²) in [6.07, 6.45) is -5.38. The van der Waals surface area contributed by atoms with Crippen LogP contribution in [0.15, 0.2) is 35.4 Å². The first-order chi connectivity index (χ1) is 18.1. The Morgan fingerprint density at radius 3 is 2.49 bits per heavy atom. The zero-order valence-electron chi connectivity index (χ0n) is 19.1. The Labute approximate surface area is 216 Å². The molecule has 2 aromatic heterocycles. The molecular weight excluding hydrogens is 593 g/mol. The van der Waals surface area contributed by atoms with Crippen LogP contribution >= 0.6 is 23.4 Å². The zero-order valence-corrected chi connectivity index (χ0v) is 21.8. The molecule has 23 heteroatoms. The Balaban J connectivity index is 1.40. The predicted octanol–water partition coefficient (Wildman–Crippen LogP) is -0.510. The van der Waals surface area contributed by atoms with Crippen molar-refractivity contribution in [2.24, 2.45) is 0 Å². The number of phenols is 1. The maximum Gasteiger partial charge on any atom is 0.489 e. The number of H-pyrrole nitrogens is 1. The second-order valence-corrected chi connectivity index (χ2v) is 12.6. The number of nitrogens with two attached hydrogens (primary N) is 1. The van der Waals surface area contributed by atoms with Gasteiger partial charge in [0.25, 0.3) is 5.56 Å². The Kier molecular flexibility index (Phi) is 8.04. The fourth-order valence-electron chi connectivity index (χ4n) is 3.44. The highest BCUT2D eigenvalue weighted by atomic mass is 31.3. The van der Waals surface area contributed by atoms with Crippen LogP contribution in [0.5, 0.6) is 5.75 Å². The van der Waals surface area contributed by atoms with Crippen molar-refractivity contribution in [3.8, 4) is 5.75 Å². The van der Waals surface area contributed by atoms with Gasteiger partial charge in [0, 0.05) is 0 Å². The van der Waals surface area contributed by atoms with Gasteiger partial charge in [0.15, 0.2) is 17.4 Å². The lowest BCUT2D eigenvalue weighted by Crippen LogP contribution is -2.33. The number of aromatic amines is 1. The van der Waals surface area contributed by atoms with Crippen LogP contribution in [0.3, 0.4) is 0 Å². The molecule has 0 amide bonds. The summed E-state index contributed by atoms with van der Waals surface area (Å²) in [4.78, 5) is 51.2. The number of phosphoric acid groups is 2. The molecule has 3 aromatic rings. The van der Waals surface area contributed by atoms with E-state index in [2.05, 4.69) is 28.1 Å². The van der Waals surface area contributed by atoms with Crippen molar-refractivity contribution in [2.45, 2.75) is 24.5 Å². The number of hydrogen-bond donors (Lipinski definition) is 9. The maximum atomic E-state index is 12.2. The lowest BCUT2D eigenvalue weighted by atomic mass is 10.1. The first-order valence-corrected chi connectivity index (χ1v) is 15.0. The summed E-state index contributed by atoms with van der Waals surface area (Å²) in [6, 6.07) is 4.96. The normalized spacial score (nSPS) is 26.1. The lowest BCUT2D eigenvalue weighted by molar-refractivity contribution is -0.0503. The van der Waals surface area contributed by atoms with Gasteiger partial charge >= 0.3 is 23.4 Å². The summed E-state index contributed by atoms with van der Waals surface area (Å²) in [5, 5.41) is 32.1. The van der Waals surface area contributed by atoms with Crippen LogP contribution in [0.25, 0.3) is 11.2 Å². The number of hydrogen-bond acceptors (Lipinski definition) is 14. The van der Waals surface area contributed by atoms with Gasteiger partial charge in [0.2, 0.25) is 5.95 Å². The first-order valence-electron chi connectivity index (χ1n) is 10.4. The number of nitrogens with zero attached hydrogens (tertiary/aromatic N) is 3. The van der Waals surface area contributed by atoms with E-state index in [1.807, 2.05) is 0 Å². The van der Waals surface area contributed by atoms with Crippen molar-refractivity contribution >= 4 is 46.2 Å². The molecule has 214 valence electrons. The van der Waals surface area contributed by atoms with Gasteiger partial charge in [-0.25, -0.2) is 18.7 Å². The SMILES string of the molecule is Nc1nc2c(ncn2[C@@H]2O[C@H](COP(=O)(O)OP(=O)(O)OP(=O)(O)Nc3ccccc3O)[C@@H](O)[C@H]2O)c(=O)[nH]1. The summed E-state index contributed by atoms with van der Waals surface area (Å²) in [5.41, 5.74) is 4.16. The monoisotopic (exact) mass is 614 g/mol. The first kappa shape index (κ1) is 29.3. The molecule has 1 aromatic carbocycles. The quantitative estimate of drug-likeness (QED) is 0.103. The van der Waals surface area contributed by atoms with E-state index < -0.39 is 65.8 Å². The van der Waals surface area contributed by atoms with E-state index in [1.165, 1.54) is 12.1 Å². The zero-order chi connectivity index (χ0) is 28.8. The van der Waals surface area contributed by atoms with Crippen molar-refractivity contribution in [1.82, 2.24) is 19.5 Å². The second kappa shape index (κ2) is 10.7. The average Bonchev–Trinajstić information content (AvgIpc) is 3.33. The molecule has 1 aliphatic heterocycles. The van der Waals surface area contributed by atoms with E-state index in [9.17, 15) is 48.5 Å². The minimum atomic E-state index is -5.78. The van der Waals surface area contributed by atoms with Crippen LogP contribution in [0, 0.1) is 0 Å². The van der Waals surface area contributed by atoms with E-state index in [0.29, 0.717) is 0 Å². The number of aromatic nitrogens is 4. The Hall–Kier alpha value is -2.70. The van der Waals surface area contributed by atoms with Crippen LogP contribution in [0.1, 0.15) is 6.23 Å². The summed E-state index contributed by atoms with van der Waals surface area (Å²) >= 11 is 0. The number of aliphatic hydroxyl groups is 2. The molecule has 1 aliphatic rings. The number of benzene rings is 1. The minimum absolute atomic E-state index is 0.116. The molecular formula is C16H21N6O14P3. The molecule has 0 radical (unpaired) electrons. The molecule has 3 unspecified atom stereocenters. The van der Waals surface area contributed by atoms with Crippen molar-refractivity contribution < 1.29 is 61.6 Å². The molecule has 3 heterocycles. The van der Waals surface area contributed by atoms with E-state index in [-0.39, 0.29) is 22.8 Å². The number of rotatable bonds is 10. The molecule has 4 rings (SSSR count). The van der Waals surface area contributed by atoms with Crippen molar-refractivity contribution in [2.75, 3.05) is 17.4 Å². The van der Waals surface area contributed by atoms with Crippen molar-refractivity contribution in [1.29, 1.82) is 0 Å². The molecule has 0 saturated carbocycles. The number of nitrogen functional groups attached to an aromatic ring is 1. The summed E-state index contributed by atoms with van der Waals surface area (Å²) in [5.74, 6) is -0.801. The number of anilines is 2. The van der Waals surface area contributed by atoms with Gasteiger partial charge in [-0.15, -0.1) is 0 Å². The topological polar surface area (TPSA) is 311 Å². The number of imidazole rings is 1. The smallest absolute Gasteiger partial charge is 0.489 e. The van der Waals surface area contributed by atoms with Crippen molar-refractivity contribution in [3.63, 3.8) is 0 Å². The molecule has 0 aliphatic carbocycles. The van der Waals surface area contributed by atoms with Gasteiger partial charge in [-0.2, -0.15) is 13.6 Å². The molecule has 0 bridgehead atoms. The number of fused-ring (bicyclic) bond motifs is 1. The summed E-state index contributed by atoms with van der Waals surface area (Å²) in [6.45, 7) is -1.02. The van der Waals surface area contributed by atoms with Gasteiger partial charge in [-0.3, -0.25) is 24.0 Å². The van der Waals surface area contributed by atoms with E-state index in [1.54, 1.807) is 5.09 Å². The number of phosphoric ester groups is 1. The van der Waals surface area contributed by atoms with Gasteiger partial charge in [-0.1, -0.05) is 12.1 Å². The number of aromatic hydroxyl groups is 1. The summed E-state index contributed by atoms with van der Waals surface area (Å²) in [7, 11) is -16.6. The standard InChI is InChI=1S/C16H21N6O14P3/c17-16-19-13-10(14(26)20-16)18-6-22(13)15-12(25)11(24)9(34-15)5-33-38(29,30)36-39(31,32)35-37(27,28)21-7-3-1-2-4-8(7)23/h1-4,6,9,11-12,15,23-25H,5H2,(H,29,30)(H,31,32)(H2,21,27,28)(H3,17,19,20,26)/t9-,11-,12-,15-/m1/s1. The fourth-order valence-corrected chi connectivity index (χ4v) is 7.17. The molecule has 20 nitrogen and oxygen atoms in total. The number of aliphatic hydroxyl groups excluding tert-OH is 2. The Bertz CT molecular complexity index is 1580. The second-order valence-electron chi connectivity index (χ2n) is 7.87. The predicted molar refractivity (Wildman–Crippen MR) is 128 cm³/mol. The number of para-hydroxylation sites is 2. The third-order valence-corrected chi connectivity index (χ3v) is 9.41. The molecule has 1 fully saturated rings. The molecule has 1 saturated heterocycles. The molecule has 7 atom stereocenters. The fraction of sp³-hybridized carbons (Fsp3) is 0.312. The maximum absolute atomic E-state index is 12.2. The molecule has 0 spiro atoms. The molecule has 10 N–H and O–H groups in total. The number of nitrogens with one attached hydrogen (secondary N) is 2. The Morgan fingerprint density at radius 1 is 1.10 bits per heavy atom. The highest BCUT2D eigenvalue weighted by molar-refractivity contribution is 7.68. The average molecular weight is 614 g/mol. The van der Waals surface area contributed by atoms with Gasteiger partial charge in [0.1, 0.15) is 24.1 Å². The highest BCUT2D eigenvalue weighted by Crippen LogP contribution is 2.67. The van der Waals surface area contributed by atoms with E-state index in [4.69, 9.17) is 10.5 Å².